The van der Waals surface area contributed by atoms with Gasteiger partial charge in [0.25, 0.3) is 5.91 Å². The van der Waals surface area contributed by atoms with Gasteiger partial charge < -0.3 is 9.80 Å². The van der Waals surface area contributed by atoms with Crippen molar-refractivity contribution < 1.29 is 9.59 Å². The summed E-state index contributed by atoms with van der Waals surface area (Å²) in [5, 5.41) is 0.470. The van der Waals surface area contributed by atoms with E-state index in [1.54, 1.807) is 17.0 Å². The average Bonchev–Trinajstić information content (AvgIpc) is 2.70. The molecule has 2 aromatic carbocycles. The molecular formula is C22H25ClN2O2. The lowest BCUT2D eigenvalue weighted by molar-refractivity contribution is -0.123. The quantitative estimate of drug-likeness (QED) is 0.775. The maximum atomic E-state index is 13.1. The molecule has 1 saturated heterocycles. The Bertz CT molecular complexity index is 829. The Morgan fingerprint density at radius 2 is 1.70 bits per heavy atom. The van der Waals surface area contributed by atoms with Gasteiger partial charge in [0.05, 0.1) is 10.6 Å². The zero-order valence-corrected chi connectivity index (χ0v) is 16.6. The van der Waals surface area contributed by atoms with E-state index < -0.39 is 0 Å². The van der Waals surface area contributed by atoms with Crippen LogP contribution in [-0.4, -0.2) is 36.3 Å². The van der Waals surface area contributed by atoms with Gasteiger partial charge in [-0.3, -0.25) is 9.59 Å². The van der Waals surface area contributed by atoms with Gasteiger partial charge in [0.15, 0.2) is 0 Å². The third-order valence-electron chi connectivity index (χ3n) is 5.22. The number of aryl methyl sites for hydroxylation is 1. The van der Waals surface area contributed by atoms with E-state index in [1.807, 2.05) is 55.1 Å². The summed E-state index contributed by atoms with van der Waals surface area (Å²) in [7, 11) is 0. The molecule has 4 nitrogen and oxygen atoms in total. The van der Waals surface area contributed by atoms with E-state index in [0.29, 0.717) is 43.1 Å². The normalized spacial score (nSPS) is 14.9. The Kier molecular flexibility index (Phi) is 6.17. The van der Waals surface area contributed by atoms with Gasteiger partial charge in [0.2, 0.25) is 5.91 Å². The predicted octanol–water partition coefficient (Wildman–Crippen LogP) is 4.55. The fourth-order valence-corrected chi connectivity index (χ4v) is 3.88. The highest BCUT2D eigenvalue weighted by Gasteiger charge is 2.31. The molecule has 1 aliphatic heterocycles. The fraction of sp³-hybridized carbons (Fsp3) is 0.364. The van der Waals surface area contributed by atoms with Crippen LogP contribution in [0.25, 0.3) is 0 Å². The van der Waals surface area contributed by atoms with Crippen LogP contribution in [0.4, 0.5) is 5.69 Å². The second-order valence-corrected chi connectivity index (χ2v) is 7.32. The first-order valence-corrected chi connectivity index (χ1v) is 9.81. The number of carbonyl (C=O) groups is 2. The second-order valence-electron chi connectivity index (χ2n) is 6.92. The number of rotatable bonds is 4. The first-order valence-electron chi connectivity index (χ1n) is 9.43. The zero-order chi connectivity index (χ0) is 19.4. The first-order chi connectivity index (χ1) is 13.0. The van der Waals surface area contributed by atoms with Gasteiger partial charge in [-0.05, 0) is 50.5 Å². The summed E-state index contributed by atoms with van der Waals surface area (Å²) in [4.78, 5) is 29.5. The molecule has 27 heavy (non-hydrogen) atoms. The SMILES string of the molecule is CCN(C(=O)C1CCN(C(=O)c2ccccc2Cl)CC1)c1ccccc1C. The third kappa shape index (κ3) is 4.16. The van der Waals surface area contributed by atoms with Crippen LogP contribution in [0.3, 0.4) is 0 Å². The number of likely N-dealkylation sites (tertiary alicyclic amines) is 1. The van der Waals surface area contributed by atoms with Crippen LogP contribution >= 0.6 is 11.6 Å². The molecule has 0 aliphatic carbocycles. The molecule has 5 heteroatoms. The third-order valence-corrected chi connectivity index (χ3v) is 5.55. The van der Waals surface area contributed by atoms with Gasteiger partial charge in [-0.1, -0.05) is 41.9 Å². The Labute approximate surface area is 165 Å². The van der Waals surface area contributed by atoms with E-state index in [-0.39, 0.29) is 17.7 Å². The number of nitrogens with zero attached hydrogens (tertiary/aromatic N) is 2. The number of anilines is 1. The average molecular weight is 385 g/mol. The molecular weight excluding hydrogens is 360 g/mol. The summed E-state index contributed by atoms with van der Waals surface area (Å²) in [6.45, 7) is 5.82. The van der Waals surface area contributed by atoms with E-state index in [1.165, 1.54) is 0 Å². The number of benzene rings is 2. The molecule has 142 valence electrons. The molecule has 0 spiro atoms. The fourth-order valence-electron chi connectivity index (χ4n) is 3.67. The van der Waals surface area contributed by atoms with E-state index >= 15 is 0 Å². The van der Waals surface area contributed by atoms with Crippen molar-refractivity contribution in [2.45, 2.75) is 26.7 Å². The van der Waals surface area contributed by atoms with Gasteiger partial charge in [-0.25, -0.2) is 0 Å². The Morgan fingerprint density at radius 1 is 1.07 bits per heavy atom. The molecule has 1 aliphatic rings. The molecule has 1 heterocycles. The lowest BCUT2D eigenvalue weighted by Gasteiger charge is -2.34. The Balaban J connectivity index is 1.66. The number of halogens is 1. The zero-order valence-electron chi connectivity index (χ0n) is 15.8. The van der Waals surface area contributed by atoms with Crippen molar-refractivity contribution in [2.24, 2.45) is 5.92 Å². The number of amides is 2. The molecule has 0 atom stereocenters. The van der Waals surface area contributed by atoms with Crippen LogP contribution < -0.4 is 4.90 Å². The van der Waals surface area contributed by atoms with Gasteiger partial charge >= 0.3 is 0 Å². The summed E-state index contributed by atoms with van der Waals surface area (Å²) >= 11 is 6.15. The van der Waals surface area contributed by atoms with Crippen molar-refractivity contribution in [2.75, 3.05) is 24.5 Å². The standard InChI is InChI=1S/C22H25ClN2O2/c1-3-25(20-11-7-4-8-16(20)2)21(26)17-12-14-24(15-13-17)22(27)18-9-5-6-10-19(18)23/h4-11,17H,3,12-15H2,1-2H3. The van der Waals surface area contributed by atoms with Crippen LogP contribution in [-0.2, 0) is 4.79 Å². The molecule has 0 radical (unpaired) electrons. The highest BCUT2D eigenvalue weighted by Crippen LogP contribution is 2.27. The van der Waals surface area contributed by atoms with Crippen molar-refractivity contribution >= 4 is 29.1 Å². The van der Waals surface area contributed by atoms with Crippen LogP contribution in [0.15, 0.2) is 48.5 Å². The molecule has 2 aromatic rings. The van der Waals surface area contributed by atoms with E-state index in [0.717, 1.165) is 11.3 Å². The molecule has 0 N–H and O–H groups in total. The number of piperidine rings is 1. The maximum Gasteiger partial charge on any atom is 0.255 e. The highest BCUT2D eigenvalue weighted by molar-refractivity contribution is 6.33. The molecule has 0 saturated carbocycles. The second kappa shape index (κ2) is 8.57. The molecule has 0 bridgehead atoms. The van der Waals surface area contributed by atoms with E-state index in [9.17, 15) is 9.59 Å². The van der Waals surface area contributed by atoms with Gasteiger partial charge in [0, 0.05) is 31.2 Å². The largest absolute Gasteiger partial charge is 0.339 e. The maximum absolute atomic E-state index is 13.1. The summed E-state index contributed by atoms with van der Waals surface area (Å²) in [5.74, 6) is 0.0363. The monoisotopic (exact) mass is 384 g/mol. The lowest BCUT2D eigenvalue weighted by Crippen LogP contribution is -2.44. The van der Waals surface area contributed by atoms with E-state index in [4.69, 9.17) is 11.6 Å². The van der Waals surface area contributed by atoms with Gasteiger partial charge in [-0.2, -0.15) is 0 Å². The predicted molar refractivity (Wildman–Crippen MR) is 109 cm³/mol. The summed E-state index contributed by atoms with van der Waals surface area (Å²) in [6, 6.07) is 15.1. The van der Waals surface area contributed by atoms with Crippen LogP contribution in [0.1, 0.15) is 35.7 Å². The Morgan fingerprint density at radius 3 is 2.33 bits per heavy atom. The first kappa shape index (κ1) is 19.4. The van der Waals surface area contributed by atoms with Crippen molar-refractivity contribution in [1.29, 1.82) is 0 Å². The number of hydrogen-bond acceptors (Lipinski definition) is 2. The van der Waals surface area contributed by atoms with Crippen molar-refractivity contribution in [1.82, 2.24) is 4.90 Å². The molecule has 3 rings (SSSR count). The van der Waals surface area contributed by atoms with Gasteiger partial charge in [-0.15, -0.1) is 0 Å². The summed E-state index contributed by atoms with van der Waals surface area (Å²) in [6.07, 6.45) is 1.36. The topological polar surface area (TPSA) is 40.6 Å². The minimum atomic E-state index is -0.0576. The molecule has 1 fully saturated rings. The summed E-state index contributed by atoms with van der Waals surface area (Å²) < 4.78 is 0. The lowest BCUT2D eigenvalue weighted by atomic mass is 9.94. The van der Waals surface area contributed by atoms with Crippen molar-refractivity contribution in [3.05, 3.63) is 64.7 Å². The number of hydrogen-bond donors (Lipinski definition) is 0. The van der Waals surface area contributed by atoms with Crippen LogP contribution in [0, 0.1) is 12.8 Å². The van der Waals surface area contributed by atoms with Crippen LogP contribution in [0.2, 0.25) is 5.02 Å². The minimum absolute atomic E-state index is 0.0557. The number of carbonyl (C=O) groups excluding carboxylic acids is 2. The van der Waals surface area contributed by atoms with Crippen molar-refractivity contribution in [3.63, 3.8) is 0 Å². The van der Waals surface area contributed by atoms with E-state index in [2.05, 4.69) is 0 Å². The molecule has 0 unspecified atom stereocenters. The summed E-state index contributed by atoms with van der Waals surface area (Å²) in [5.41, 5.74) is 2.60. The van der Waals surface area contributed by atoms with Gasteiger partial charge in [0.1, 0.15) is 0 Å². The van der Waals surface area contributed by atoms with Crippen molar-refractivity contribution in [3.8, 4) is 0 Å². The highest BCUT2D eigenvalue weighted by atomic mass is 35.5. The van der Waals surface area contributed by atoms with Crippen LogP contribution in [0.5, 0.6) is 0 Å². The smallest absolute Gasteiger partial charge is 0.255 e. The number of para-hydroxylation sites is 1. The minimum Gasteiger partial charge on any atom is -0.339 e. The Hall–Kier alpha value is -2.33. The molecule has 2 amide bonds. The molecule has 0 aromatic heterocycles.